The lowest BCUT2D eigenvalue weighted by atomic mass is 10.2. The third-order valence-corrected chi connectivity index (χ3v) is 6.18. The van der Waals surface area contributed by atoms with E-state index >= 15 is 0 Å². The van der Waals surface area contributed by atoms with Crippen molar-refractivity contribution < 1.29 is 13.2 Å². The molecule has 1 heterocycles. The second-order valence-electron chi connectivity index (χ2n) is 6.61. The first kappa shape index (κ1) is 19.4. The van der Waals surface area contributed by atoms with Crippen LogP contribution in [-0.2, 0) is 10.0 Å². The molecule has 0 aromatic heterocycles. The van der Waals surface area contributed by atoms with Crippen LogP contribution in [0.2, 0.25) is 0 Å². The molecule has 0 saturated carbocycles. The quantitative estimate of drug-likeness (QED) is 0.788. The van der Waals surface area contributed by atoms with Gasteiger partial charge in [0.25, 0.3) is 0 Å². The Morgan fingerprint density at radius 2 is 1.59 bits per heavy atom. The van der Waals surface area contributed by atoms with Gasteiger partial charge in [-0.05, 0) is 42.8 Å². The van der Waals surface area contributed by atoms with Gasteiger partial charge in [-0.25, -0.2) is 8.42 Å². The van der Waals surface area contributed by atoms with E-state index < -0.39 is 10.0 Å². The standard InChI is InChI=1S/C20H27N3O3S/c1-3-16-27(24,25)21-17-8-10-18(11-9-17)22-12-14-23(15-13-22)19-6-4-5-7-20(19)26-2/h4-11,21H,3,12-16H2,1-2H3. The van der Waals surface area contributed by atoms with E-state index in [1.54, 1.807) is 7.11 Å². The first-order chi connectivity index (χ1) is 13.0. The first-order valence-electron chi connectivity index (χ1n) is 9.26. The molecule has 0 unspecified atom stereocenters. The van der Waals surface area contributed by atoms with Crippen molar-refractivity contribution in [1.29, 1.82) is 0 Å². The summed E-state index contributed by atoms with van der Waals surface area (Å²) in [6, 6.07) is 15.7. The zero-order valence-electron chi connectivity index (χ0n) is 15.9. The van der Waals surface area contributed by atoms with Crippen LogP contribution in [0.1, 0.15) is 13.3 Å². The van der Waals surface area contributed by atoms with Gasteiger partial charge in [0.15, 0.2) is 0 Å². The number of hydrogen-bond donors (Lipinski definition) is 1. The molecule has 2 aromatic carbocycles. The van der Waals surface area contributed by atoms with Crippen LogP contribution in [0.15, 0.2) is 48.5 Å². The fourth-order valence-corrected chi connectivity index (χ4v) is 4.47. The van der Waals surface area contributed by atoms with Crippen molar-refractivity contribution in [3.8, 4) is 5.75 Å². The minimum Gasteiger partial charge on any atom is -0.495 e. The Morgan fingerprint density at radius 3 is 2.22 bits per heavy atom. The molecular weight excluding hydrogens is 362 g/mol. The summed E-state index contributed by atoms with van der Waals surface area (Å²) in [5, 5.41) is 0. The van der Waals surface area contributed by atoms with E-state index in [-0.39, 0.29) is 5.75 Å². The van der Waals surface area contributed by atoms with Crippen LogP contribution in [0.4, 0.5) is 17.1 Å². The number of ether oxygens (including phenoxy) is 1. The molecule has 0 bridgehead atoms. The summed E-state index contributed by atoms with van der Waals surface area (Å²) in [5.74, 6) is 1.04. The predicted molar refractivity (Wildman–Crippen MR) is 112 cm³/mol. The Hall–Kier alpha value is -2.41. The Balaban J connectivity index is 1.61. The molecule has 3 rings (SSSR count). The van der Waals surface area contributed by atoms with Gasteiger partial charge in [-0.2, -0.15) is 0 Å². The number of benzene rings is 2. The molecule has 0 radical (unpaired) electrons. The van der Waals surface area contributed by atoms with Gasteiger partial charge in [-0.3, -0.25) is 4.72 Å². The van der Waals surface area contributed by atoms with Gasteiger partial charge in [0.2, 0.25) is 10.0 Å². The fraction of sp³-hybridized carbons (Fsp3) is 0.400. The summed E-state index contributed by atoms with van der Waals surface area (Å²) in [5.41, 5.74) is 2.84. The number of piperazine rings is 1. The van der Waals surface area contributed by atoms with Crippen molar-refractivity contribution in [2.24, 2.45) is 0 Å². The maximum atomic E-state index is 11.9. The molecule has 1 N–H and O–H groups in total. The van der Waals surface area contributed by atoms with E-state index in [0.29, 0.717) is 12.1 Å². The second-order valence-corrected chi connectivity index (χ2v) is 8.46. The lowest BCUT2D eigenvalue weighted by molar-refractivity contribution is 0.413. The molecule has 146 valence electrons. The maximum absolute atomic E-state index is 11.9. The lowest BCUT2D eigenvalue weighted by Gasteiger charge is -2.37. The molecule has 2 aromatic rings. The van der Waals surface area contributed by atoms with Gasteiger partial charge >= 0.3 is 0 Å². The van der Waals surface area contributed by atoms with Gasteiger partial charge < -0.3 is 14.5 Å². The molecule has 0 aliphatic carbocycles. The Morgan fingerprint density at radius 1 is 0.963 bits per heavy atom. The van der Waals surface area contributed by atoms with Crippen molar-refractivity contribution in [3.63, 3.8) is 0 Å². The number of rotatable bonds is 7. The predicted octanol–water partition coefficient (Wildman–Crippen LogP) is 3.17. The second kappa shape index (κ2) is 8.52. The molecule has 1 aliphatic rings. The average molecular weight is 390 g/mol. The molecular formula is C20H27N3O3S. The maximum Gasteiger partial charge on any atom is 0.232 e. The van der Waals surface area contributed by atoms with E-state index in [4.69, 9.17) is 4.74 Å². The van der Waals surface area contributed by atoms with Crippen LogP contribution in [0.25, 0.3) is 0 Å². The zero-order chi connectivity index (χ0) is 19.3. The Labute approximate surface area is 161 Å². The number of nitrogens with zero attached hydrogens (tertiary/aromatic N) is 2. The highest BCUT2D eigenvalue weighted by atomic mass is 32.2. The SMILES string of the molecule is CCCS(=O)(=O)Nc1ccc(N2CCN(c3ccccc3OC)CC2)cc1. The highest BCUT2D eigenvalue weighted by molar-refractivity contribution is 7.92. The highest BCUT2D eigenvalue weighted by Crippen LogP contribution is 2.29. The van der Waals surface area contributed by atoms with Gasteiger partial charge in [0, 0.05) is 37.6 Å². The average Bonchev–Trinajstić information content (AvgIpc) is 2.68. The topological polar surface area (TPSA) is 61.9 Å². The minimum atomic E-state index is -3.25. The van der Waals surface area contributed by atoms with Crippen molar-refractivity contribution in [1.82, 2.24) is 0 Å². The van der Waals surface area contributed by atoms with Crippen LogP contribution in [0.3, 0.4) is 0 Å². The number of hydrogen-bond acceptors (Lipinski definition) is 5. The molecule has 0 spiro atoms. The van der Waals surface area contributed by atoms with Crippen LogP contribution >= 0.6 is 0 Å². The number of sulfonamides is 1. The molecule has 7 heteroatoms. The zero-order valence-corrected chi connectivity index (χ0v) is 16.7. The fourth-order valence-electron chi connectivity index (χ4n) is 3.34. The van der Waals surface area contributed by atoms with Crippen molar-refractivity contribution >= 4 is 27.1 Å². The Bertz CT molecular complexity index is 845. The van der Waals surface area contributed by atoms with Crippen molar-refractivity contribution in [3.05, 3.63) is 48.5 Å². The molecule has 1 fully saturated rings. The van der Waals surface area contributed by atoms with Crippen LogP contribution in [0, 0.1) is 0 Å². The van der Waals surface area contributed by atoms with E-state index in [0.717, 1.165) is 43.3 Å². The Kier molecular flexibility index (Phi) is 6.11. The number of nitrogens with one attached hydrogen (secondary N) is 1. The highest BCUT2D eigenvalue weighted by Gasteiger charge is 2.20. The summed E-state index contributed by atoms with van der Waals surface area (Å²) in [7, 11) is -1.55. The van der Waals surface area contributed by atoms with Crippen LogP contribution in [-0.4, -0.2) is 47.5 Å². The molecule has 27 heavy (non-hydrogen) atoms. The monoisotopic (exact) mass is 389 g/mol. The van der Waals surface area contributed by atoms with E-state index in [1.807, 2.05) is 49.4 Å². The van der Waals surface area contributed by atoms with Crippen molar-refractivity contribution in [2.75, 3.05) is 53.6 Å². The minimum absolute atomic E-state index is 0.139. The molecule has 1 aliphatic heterocycles. The molecule has 6 nitrogen and oxygen atoms in total. The summed E-state index contributed by atoms with van der Waals surface area (Å²) < 4.78 is 31.8. The van der Waals surface area contributed by atoms with Gasteiger partial charge in [-0.1, -0.05) is 19.1 Å². The molecule has 0 atom stereocenters. The molecule has 0 amide bonds. The lowest BCUT2D eigenvalue weighted by Crippen LogP contribution is -2.46. The summed E-state index contributed by atoms with van der Waals surface area (Å²) in [6.45, 7) is 5.47. The largest absolute Gasteiger partial charge is 0.495 e. The van der Waals surface area contributed by atoms with Crippen LogP contribution in [0.5, 0.6) is 5.75 Å². The third kappa shape index (κ3) is 4.86. The smallest absolute Gasteiger partial charge is 0.232 e. The number of para-hydroxylation sites is 2. The van der Waals surface area contributed by atoms with Gasteiger partial charge in [0.1, 0.15) is 5.75 Å². The normalized spacial score (nSPS) is 14.9. The van der Waals surface area contributed by atoms with E-state index in [1.165, 1.54) is 0 Å². The number of anilines is 3. The van der Waals surface area contributed by atoms with E-state index in [2.05, 4.69) is 20.6 Å². The summed E-state index contributed by atoms with van der Waals surface area (Å²) in [4.78, 5) is 4.65. The third-order valence-electron chi connectivity index (χ3n) is 4.68. The summed E-state index contributed by atoms with van der Waals surface area (Å²) >= 11 is 0. The van der Waals surface area contributed by atoms with E-state index in [9.17, 15) is 8.42 Å². The van der Waals surface area contributed by atoms with Crippen LogP contribution < -0.4 is 19.3 Å². The molecule has 1 saturated heterocycles. The van der Waals surface area contributed by atoms with Gasteiger partial charge in [0.05, 0.1) is 18.6 Å². The van der Waals surface area contributed by atoms with Crippen molar-refractivity contribution in [2.45, 2.75) is 13.3 Å². The van der Waals surface area contributed by atoms with Gasteiger partial charge in [-0.15, -0.1) is 0 Å². The summed E-state index contributed by atoms with van der Waals surface area (Å²) in [6.07, 6.45) is 0.601. The number of methoxy groups -OCH3 is 1. The first-order valence-corrected chi connectivity index (χ1v) is 10.9.